The van der Waals surface area contributed by atoms with Crippen molar-refractivity contribution in [3.8, 4) is 0 Å². The molecule has 1 unspecified atom stereocenters. The lowest BCUT2D eigenvalue weighted by molar-refractivity contribution is 0.206. The molecule has 116 valence electrons. The third kappa shape index (κ3) is 5.36. The SMILES string of the molecule is CC(CN1CCCCC1)NC(=O)Nc1cccc(CN)c1. The maximum absolute atomic E-state index is 12.0. The second-order valence-corrected chi connectivity index (χ2v) is 5.77. The van der Waals surface area contributed by atoms with Gasteiger partial charge in [-0.1, -0.05) is 18.6 Å². The molecule has 1 saturated heterocycles. The molecule has 5 nitrogen and oxygen atoms in total. The van der Waals surface area contributed by atoms with Crippen molar-refractivity contribution in [1.29, 1.82) is 0 Å². The molecule has 0 aliphatic carbocycles. The van der Waals surface area contributed by atoms with Crippen LogP contribution in [-0.4, -0.2) is 36.6 Å². The molecule has 1 fully saturated rings. The summed E-state index contributed by atoms with van der Waals surface area (Å²) in [6, 6.07) is 7.59. The average molecular weight is 290 g/mol. The van der Waals surface area contributed by atoms with Gasteiger partial charge in [-0.25, -0.2) is 4.79 Å². The highest BCUT2D eigenvalue weighted by Gasteiger charge is 2.14. The lowest BCUT2D eigenvalue weighted by Gasteiger charge is -2.29. The number of hydrogen-bond acceptors (Lipinski definition) is 3. The first kappa shape index (κ1) is 15.8. The average Bonchev–Trinajstić information content (AvgIpc) is 2.48. The molecule has 2 amide bonds. The topological polar surface area (TPSA) is 70.4 Å². The molecular formula is C16H26N4O. The van der Waals surface area contributed by atoms with E-state index in [0.717, 1.165) is 30.9 Å². The van der Waals surface area contributed by atoms with E-state index in [1.54, 1.807) is 0 Å². The number of piperidine rings is 1. The molecule has 4 N–H and O–H groups in total. The number of benzene rings is 1. The Bertz CT molecular complexity index is 457. The summed E-state index contributed by atoms with van der Waals surface area (Å²) < 4.78 is 0. The molecule has 1 aliphatic rings. The highest BCUT2D eigenvalue weighted by atomic mass is 16.2. The highest BCUT2D eigenvalue weighted by Crippen LogP contribution is 2.11. The van der Waals surface area contributed by atoms with Crippen molar-refractivity contribution in [1.82, 2.24) is 10.2 Å². The van der Waals surface area contributed by atoms with Crippen LogP contribution in [0.1, 0.15) is 31.7 Å². The van der Waals surface area contributed by atoms with Crippen LogP contribution >= 0.6 is 0 Å². The van der Waals surface area contributed by atoms with Gasteiger partial charge in [0.1, 0.15) is 0 Å². The summed E-state index contributed by atoms with van der Waals surface area (Å²) >= 11 is 0. The number of rotatable bonds is 5. The van der Waals surface area contributed by atoms with E-state index in [9.17, 15) is 4.79 Å². The fourth-order valence-electron chi connectivity index (χ4n) is 2.74. The first-order valence-corrected chi connectivity index (χ1v) is 7.76. The number of anilines is 1. The van der Waals surface area contributed by atoms with Crippen molar-refractivity contribution >= 4 is 11.7 Å². The zero-order valence-corrected chi connectivity index (χ0v) is 12.8. The Morgan fingerprint density at radius 1 is 1.33 bits per heavy atom. The summed E-state index contributed by atoms with van der Waals surface area (Å²) in [5.74, 6) is 0. The molecule has 1 aromatic carbocycles. The number of urea groups is 1. The summed E-state index contributed by atoms with van der Waals surface area (Å²) in [7, 11) is 0. The molecule has 2 rings (SSSR count). The van der Waals surface area contributed by atoms with E-state index in [2.05, 4.69) is 15.5 Å². The van der Waals surface area contributed by atoms with Gasteiger partial charge in [0, 0.05) is 24.8 Å². The number of carbonyl (C=O) groups is 1. The minimum absolute atomic E-state index is 0.140. The van der Waals surface area contributed by atoms with Gasteiger partial charge < -0.3 is 21.3 Å². The number of carbonyl (C=O) groups excluding carboxylic acids is 1. The van der Waals surface area contributed by atoms with Gasteiger partial charge in [0.2, 0.25) is 0 Å². The third-order valence-corrected chi connectivity index (χ3v) is 3.78. The van der Waals surface area contributed by atoms with Crippen molar-refractivity contribution < 1.29 is 4.79 Å². The summed E-state index contributed by atoms with van der Waals surface area (Å²) in [6.07, 6.45) is 3.87. The normalized spacial score (nSPS) is 17.2. The first-order chi connectivity index (χ1) is 10.2. The van der Waals surface area contributed by atoms with Crippen LogP contribution in [0.4, 0.5) is 10.5 Å². The Balaban J connectivity index is 1.77. The summed E-state index contributed by atoms with van der Waals surface area (Å²) in [5, 5.41) is 5.85. The van der Waals surface area contributed by atoms with Gasteiger partial charge in [-0.2, -0.15) is 0 Å². The molecule has 0 bridgehead atoms. The van der Waals surface area contributed by atoms with Crippen molar-refractivity contribution in [2.24, 2.45) is 5.73 Å². The van der Waals surface area contributed by atoms with E-state index >= 15 is 0 Å². The van der Waals surface area contributed by atoms with Crippen LogP contribution in [-0.2, 0) is 6.54 Å². The van der Waals surface area contributed by atoms with Gasteiger partial charge in [0.25, 0.3) is 0 Å². The lowest BCUT2D eigenvalue weighted by Crippen LogP contribution is -2.45. The summed E-state index contributed by atoms with van der Waals surface area (Å²) in [5.41, 5.74) is 7.39. The Morgan fingerprint density at radius 2 is 2.10 bits per heavy atom. The van der Waals surface area contributed by atoms with Crippen LogP contribution in [0.25, 0.3) is 0 Å². The zero-order valence-electron chi connectivity index (χ0n) is 12.8. The standard InChI is InChI=1S/C16H26N4O/c1-13(12-20-8-3-2-4-9-20)18-16(21)19-15-7-5-6-14(10-15)11-17/h5-7,10,13H,2-4,8-9,11-12,17H2,1H3,(H2,18,19,21). The van der Waals surface area contributed by atoms with Crippen LogP contribution < -0.4 is 16.4 Å². The molecule has 1 aromatic rings. The van der Waals surface area contributed by atoms with E-state index < -0.39 is 0 Å². The maximum atomic E-state index is 12.0. The number of nitrogens with two attached hydrogens (primary N) is 1. The van der Waals surface area contributed by atoms with Crippen LogP contribution in [0.2, 0.25) is 0 Å². The molecular weight excluding hydrogens is 264 g/mol. The third-order valence-electron chi connectivity index (χ3n) is 3.78. The Morgan fingerprint density at radius 3 is 2.81 bits per heavy atom. The predicted molar refractivity (Wildman–Crippen MR) is 86.2 cm³/mol. The van der Waals surface area contributed by atoms with Gasteiger partial charge in [-0.3, -0.25) is 0 Å². The molecule has 5 heteroatoms. The number of amides is 2. The molecule has 1 atom stereocenters. The molecule has 0 aromatic heterocycles. The molecule has 1 heterocycles. The van der Waals surface area contributed by atoms with E-state index in [1.807, 2.05) is 31.2 Å². The Hall–Kier alpha value is -1.59. The van der Waals surface area contributed by atoms with Gasteiger partial charge in [-0.15, -0.1) is 0 Å². The van der Waals surface area contributed by atoms with Crippen LogP contribution in [0.3, 0.4) is 0 Å². The van der Waals surface area contributed by atoms with Crippen molar-refractivity contribution in [2.75, 3.05) is 25.0 Å². The van der Waals surface area contributed by atoms with E-state index in [0.29, 0.717) is 6.54 Å². The number of nitrogens with zero attached hydrogens (tertiary/aromatic N) is 1. The number of hydrogen-bond donors (Lipinski definition) is 3. The minimum Gasteiger partial charge on any atom is -0.334 e. The van der Waals surface area contributed by atoms with Crippen molar-refractivity contribution in [3.63, 3.8) is 0 Å². The summed E-state index contributed by atoms with van der Waals surface area (Å²) in [4.78, 5) is 14.4. The van der Waals surface area contributed by atoms with Gasteiger partial charge in [-0.05, 0) is 50.6 Å². The number of likely N-dealkylation sites (tertiary alicyclic amines) is 1. The van der Waals surface area contributed by atoms with E-state index in [1.165, 1.54) is 19.3 Å². The smallest absolute Gasteiger partial charge is 0.319 e. The molecule has 1 aliphatic heterocycles. The van der Waals surface area contributed by atoms with Crippen LogP contribution in [0, 0.1) is 0 Å². The fourth-order valence-corrected chi connectivity index (χ4v) is 2.74. The largest absolute Gasteiger partial charge is 0.334 e. The van der Waals surface area contributed by atoms with E-state index in [-0.39, 0.29) is 12.1 Å². The molecule has 21 heavy (non-hydrogen) atoms. The second kappa shape index (κ2) is 8.00. The van der Waals surface area contributed by atoms with Crippen LogP contribution in [0.15, 0.2) is 24.3 Å². The lowest BCUT2D eigenvalue weighted by atomic mass is 10.1. The second-order valence-electron chi connectivity index (χ2n) is 5.77. The van der Waals surface area contributed by atoms with Gasteiger partial charge >= 0.3 is 6.03 Å². The first-order valence-electron chi connectivity index (χ1n) is 7.76. The highest BCUT2D eigenvalue weighted by molar-refractivity contribution is 5.89. The molecule has 0 spiro atoms. The maximum Gasteiger partial charge on any atom is 0.319 e. The quantitative estimate of drug-likeness (QED) is 0.778. The Labute approximate surface area is 126 Å². The van der Waals surface area contributed by atoms with Crippen LogP contribution in [0.5, 0.6) is 0 Å². The van der Waals surface area contributed by atoms with Crippen molar-refractivity contribution in [3.05, 3.63) is 29.8 Å². The van der Waals surface area contributed by atoms with Crippen molar-refractivity contribution in [2.45, 2.75) is 38.8 Å². The summed E-state index contributed by atoms with van der Waals surface area (Å²) in [6.45, 7) is 5.72. The Kier molecular flexibility index (Phi) is 6.02. The fraction of sp³-hybridized carbons (Fsp3) is 0.562. The molecule has 0 saturated carbocycles. The zero-order chi connectivity index (χ0) is 15.1. The predicted octanol–water partition coefficient (Wildman–Crippen LogP) is 2.14. The minimum atomic E-state index is -0.159. The molecule has 0 radical (unpaired) electrons. The number of nitrogens with one attached hydrogen (secondary N) is 2. The monoisotopic (exact) mass is 290 g/mol. The van der Waals surface area contributed by atoms with Gasteiger partial charge in [0.15, 0.2) is 0 Å². The van der Waals surface area contributed by atoms with Gasteiger partial charge in [0.05, 0.1) is 0 Å². The van der Waals surface area contributed by atoms with E-state index in [4.69, 9.17) is 5.73 Å².